The fraction of sp³-hybridized carbons (Fsp3) is 0.333. The van der Waals surface area contributed by atoms with Gasteiger partial charge in [-0.05, 0) is 35.2 Å². The Kier molecular flexibility index (Phi) is 7.08. The number of aliphatic hydroxyl groups is 1. The summed E-state index contributed by atoms with van der Waals surface area (Å²) in [5.74, 6) is -0.105. The molecule has 0 saturated carbocycles. The zero-order valence-corrected chi connectivity index (χ0v) is 23.0. The number of nitrogens with zero attached hydrogens (tertiary/aromatic N) is 6. The minimum Gasteiger partial charge on any atom is -0.509 e. The number of rotatable bonds is 9. The van der Waals surface area contributed by atoms with Gasteiger partial charge in [-0.3, -0.25) is 4.79 Å². The Balaban J connectivity index is 1.36. The number of amides is 1. The normalized spacial score (nSPS) is 16.2. The van der Waals surface area contributed by atoms with E-state index in [4.69, 9.17) is 9.72 Å². The van der Waals surface area contributed by atoms with Crippen molar-refractivity contribution in [1.29, 1.82) is 0 Å². The van der Waals surface area contributed by atoms with E-state index in [9.17, 15) is 14.7 Å². The zero-order chi connectivity index (χ0) is 28.5. The summed E-state index contributed by atoms with van der Waals surface area (Å²) in [7, 11) is 0. The zero-order valence-electron chi connectivity index (χ0n) is 23.0. The fourth-order valence-electron chi connectivity index (χ4n) is 5.72. The number of carbonyl (C=O) groups is 2. The van der Waals surface area contributed by atoms with Gasteiger partial charge in [0.05, 0.1) is 18.0 Å². The van der Waals surface area contributed by atoms with Crippen LogP contribution in [-0.4, -0.2) is 65.2 Å². The minimum absolute atomic E-state index is 0.119. The van der Waals surface area contributed by atoms with Crippen LogP contribution in [0.1, 0.15) is 55.5 Å². The first-order chi connectivity index (χ1) is 20.0. The van der Waals surface area contributed by atoms with Crippen molar-refractivity contribution >= 4 is 11.9 Å². The molecule has 210 valence electrons. The lowest BCUT2D eigenvalue weighted by atomic mass is 9.98. The number of nitrogens with one attached hydrogen (secondary N) is 1. The van der Waals surface area contributed by atoms with Gasteiger partial charge >= 0.3 is 5.97 Å². The third kappa shape index (κ3) is 4.66. The minimum atomic E-state index is -0.792. The maximum Gasteiger partial charge on any atom is 0.347 e. The molecule has 11 nitrogen and oxygen atoms in total. The number of hydrogen-bond donors (Lipinski definition) is 2. The molecule has 2 aliphatic rings. The number of H-pyrrole nitrogens is 1. The van der Waals surface area contributed by atoms with Gasteiger partial charge < -0.3 is 19.3 Å². The number of aliphatic hydroxyl groups excluding tert-OH is 1. The van der Waals surface area contributed by atoms with Gasteiger partial charge in [0.2, 0.25) is 5.82 Å². The van der Waals surface area contributed by atoms with E-state index in [1.54, 1.807) is 11.8 Å². The Hall–Kier alpha value is -4.80. The maximum atomic E-state index is 13.2. The number of fused-ring (bicyclic) bond motifs is 3. The summed E-state index contributed by atoms with van der Waals surface area (Å²) in [5.41, 5.74) is 5.26. The van der Waals surface area contributed by atoms with Crippen LogP contribution in [0, 0.1) is 0 Å². The molecule has 0 saturated heterocycles. The first kappa shape index (κ1) is 26.4. The number of unbranched alkanes of at least 4 members (excludes halogenated alkanes) is 1. The van der Waals surface area contributed by atoms with E-state index in [1.807, 2.05) is 24.3 Å². The SMILES string of the molecule is CCCCc1nc2c(n1Cc1ccc(-c3ccccc3-c3nn[nH]n3)cc1)C1C(O)=C(C(=O)OCC)C(=O)N1CC2. The monoisotopic (exact) mass is 553 g/mol. The molecule has 2 aromatic carbocycles. The molecule has 1 atom stereocenters. The second-order valence-corrected chi connectivity index (χ2v) is 10.2. The van der Waals surface area contributed by atoms with E-state index >= 15 is 0 Å². The molecule has 0 spiro atoms. The Bertz CT molecular complexity index is 1620. The molecule has 0 aliphatic carbocycles. The van der Waals surface area contributed by atoms with E-state index in [0.717, 1.165) is 58.7 Å². The number of aryl methyl sites for hydroxylation is 1. The molecule has 4 aromatic rings. The molecule has 4 heterocycles. The largest absolute Gasteiger partial charge is 0.509 e. The van der Waals surface area contributed by atoms with Crippen LogP contribution < -0.4 is 0 Å². The summed E-state index contributed by atoms with van der Waals surface area (Å²) < 4.78 is 7.20. The molecule has 2 aromatic heterocycles. The highest BCUT2D eigenvalue weighted by Crippen LogP contribution is 2.42. The van der Waals surface area contributed by atoms with Crippen LogP contribution >= 0.6 is 0 Å². The Morgan fingerprint density at radius 3 is 2.61 bits per heavy atom. The molecule has 1 amide bonds. The van der Waals surface area contributed by atoms with Gasteiger partial charge in [-0.2, -0.15) is 5.21 Å². The van der Waals surface area contributed by atoms with Gasteiger partial charge in [0.15, 0.2) is 5.57 Å². The van der Waals surface area contributed by atoms with E-state index < -0.39 is 17.9 Å². The summed E-state index contributed by atoms with van der Waals surface area (Å²) >= 11 is 0. The Morgan fingerprint density at radius 2 is 1.90 bits per heavy atom. The quantitative estimate of drug-likeness (QED) is 0.235. The maximum absolute atomic E-state index is 13.2. The average Bonchev–Trinajstić information content (AvgIpc) is 3.70. The molecule has 1 unspecified atom stereocenters. The summed E-state index contributed by atoms with van der Waals surface area (Å²) in [6.07, 6.45) is 3.30. The van der Waals surface area contributed by atoms with Crippen molar-refractivity contribution in [3.63, 3.8) is 0 Å². The van der Waals surface area contributed by atoms with Crippen LogP contribution in [-0.2, 0) is 33.7 Å². The first-order valence-corrected chi connectivity index (χ1v) is 13.9. The number of carbonyl (C=O) groups excluding carboxylic acids is 2. The molecule has 2 N–H and O–H groups in total. The van der Waals surface area contributed by atoms with E-state index in [2.05, 4.69) is 56.4 Å². The molecular formula is C30H31N7O4. The van der Waals surface area contributed by atoms with Crippen LogP contribution in [0.15, 0.2) is 59.9 Å². The standard InChI is InChI=1S/C30H31N7O4/c1-3-5-10-23-31-22-15-16-36-26(27(38)24(29(36)39)30(40)41-4-2)25(22)37(23)17-18-11-13-19(14-12-18)20-8-6-7-9-21(20)28-32-34-35-33-28/h6-9,11-14,26,38H,3-5,10,15-17H2,1-2H3,(H,32,33,34,35). The summed E-state index contributed by atoms with van der Waals surface area (Å²) in [6.45, 7) is 4.81. The smallest absolute Gasteiger partial charge is 0.347 e. The van der Waals surface area contributed by atoms with Gasteiger partial charge in [0.1, 0.15) is 17.6 Å². The van der Waals surface area contributed by atoms with Gasteiger partial charge in [-0.1, -0.05) is 61.9 Å². The summed E-state index contributed by atoms with van der Waals surface area (Å²) in [5, 5.41) is 25.7. The lowest BCUT2D eigenvalue weighted by molar-refractivity contribution is -0.141. The predicted octanol–water partition coefficient (Wildman–Crippen LogP) is 3.94. The molecule has 11 heteroatoms. The molecule has 2 aliphatic heterocycles. The van der Waals surface area contributed by atoms with Crippen LogP contribution in [0.4, 0.5) is 0 Å². The number of ether oxygens (including phenoxy) is 1. The van der Waals surface area contributed by atoms with Crippen molar-refractivity contribution in [3.05, 3.63) is 82.6 Å². The van der Waals surface area contributed by atoms with Crippen molar-refractivity contribution in [1.82, 2.24) is 35.1 Å². The predicted molar refractivity (Wildman–Crippen MR) is 149 cm³/mol. The van der Waals surface area contributed by atoms with Crippen molar-refractivity contribution in [2.75, 3.05) is 13.2 Å². The van der Waals surface area contributed by atoms with Gasteiger partial charge in [-0.25, -0.2) is 9.78 Å². The van der Waals surface area contributed by atoms with Gasteiger partial charge in [0.25, 0.3) is 5.91 Å². The third-order valence-electron chi connectivity index (χ3n) is 7.66. The highest BCUT2D eigenvalue weighted by molar-refractivity contribution is 6.18. The van der Waals surface area contributed by atoms with E-state index in [0.29, 0.717) is 25.3 Å². The van der Waals surface area contributed by atoms with Crippen LogP contribution in [0.3, 0.4) is 0 Å². The second kappa shape index (κ2) is 11.0. The van der Waals surface area contributed by atoms with Crippen LogP contribution in [0.2, 0.25) is 0 Å². The highest BCUT2D eigenvalue weighted by atomic mass is 16.5. The fourth-order valence-corrected chi connectivity index (χ4v) is 5.72. The summed E-state index contributed by atoms with van der Waals surface area (Å²) in [6, 6.07) is 15.4. The number of benzene rings is 2. The number of aromatic nitrogens is 6. The number of imidazole rings is 1. The third-order valence-corrected chi connectivity index (χ3v) is 7.66. The second-order valence-electron chi connectivity index (χ2n) is 10.2. The van der Waals surface area contributed by atoms with Crippen molar-refractivity contribution < 1.29 is 19.4 Å². The number of esters is 1. The average molecular weight is 554 g/mol. The number of hydrogen-bond acceptors (Lipinski definition) is 8. The Labute approximate surface area is 236 Å². The molecule has 6 rings (SSSR count). The number of tetrazole rings is 1. The molecule has 0 bridgehead atoms. The van der Waals surface area contributed by atoms with Crippen molar-refractivity contribution in [3.8, 4) is 22.5 Å². The Morgan fingerprint density at radius 1 is 1.12 bits per heavy atom. The van der Waals surface area contributed by atoms with E-state index in [-0.39, 0.29) is 17.9 Å². The lowest BCUT2D eigenvalue weighted by Gasteiger charge is -2.31. The van der Waals surface area contributed by atoms with Crippen molar-refractivity contribution in [2.24, 2.45) is 0 Å². The molecular weight excluding hydrogens is 522 g/mol. The van der Waals surface area contributed by atoms with Gasteiger partial charge in [0, 0.05) is 31.5 Å². The van der Waals surface area contributed by atoms with Crippen LogP contribution in [0.5, 0.6) is 0 Å². The van der Waals surface area contributed by atoms with Crippen molar-refractivity contribution in [2.45, 2.75) is 52.1 Å². The van der Waals surface area contributed by atoms with E-state index in [1.165, 1.54) is 0 Å². The van der Waals surface area contributed by atoms with Crippen LogP contribution in [0.25, 0.3) is 22.5 Å². The molecule has 0 radical (unpaired) electrons. The topological polar surface area (TPSA) is 139 Å². The highest BCUT2D eigenvalue weighted by Gasteiger charge is 2.48. The van der Waals surface area contributed by atoms with Gasteiger partial charge in [-0.15, -0.1) is 10.2 Å². The first-order valence-electron chi connectivity index (χ1n) is 13.9. The lowest BCUT2D eigenvalue weighted by Crippen LogP contribution is -2.38. The summed E-state index contributed by atoms with van der Waals surface area (Å²) in [4.78, 5) is 32.3. The number of aromatic amines is 1. The molecule has 41 heavy (non-hydrogen) atoms. The molecule has 0 fully saturated rings.